The average Bonchev–Trinajstić information content (AvgIpc) is 2.82. The number of pyridine rings is 1. The Morgan fingerprint density at radius 2 is 2.05 bits per heavy atom. The third kappa shape index (κ3) is 2.35. The molecule has 0 aliphatic rings. The number of rotatable bonds is 2. The molecule has 3 aromatic rings. The molecule has 0 aliphatic carbocycles. The van der Waals surface area contributed by atoms with Gasteiger partial charge < -0.3 is 4.90 Å². The van der Waals surface area contributed by atoms with E-state index < -0.39 is 0 Å². The van der Waals surface area contributed by atoms with E-state index in [9.17, 15) is 0 Å². The van der Waals surface area contributed by atoms with Crippen molar-refractivity contribution >= 4 is 34.1 Å². The Hall–Kier alpha value is -1.70. The van der Waals surface area contributed by atoms with Crippen molar-refractivity contribution in [2.45, 2.75) is 6.92 Å². The van der Waals surface area contributed by atoms with Crippen molar-refractivity contribution in [3.05, 3.63) is 39.9 Å². The van der Waals surface area contributed by atoms with Crippen LogP contribution >= 0.6 is 22.6 Å². The van der Waals surface area contributed by atoms with Crippen molar-refractivity contribution in [3.8, 4) is 11.3 Å². The fourth-order valence-electron chi connectivity index (χ4n) is 1.93. The van der Waals surface area contributed by atoms with Crippen LogP contribution in [0.15, 0.2) is 30.6 Å². The van der Waals surface area contributed by atoms with Crippen LogP contribution in [-0.4, -0.2) is 33.7 Å². The molecule has 0 amide bonds. The summed E-state index contributed by atoms with van der Waals surface area (Å²) >= 11 is 2.23. The van der Waals surface area contributed by atoms with Gasteiger partial charge in [0.05, 0.1) is 11.9 Å². The summed E-state index contributed by atoms with van der Waals surface area (Å²) in [6.07, 6.45) is 3.78. The van der Waals surface area contributed by atoms with Crippen LogP contribution in [-0.2, 0) is 0 Å². The standard InChI is InChI=1S/C14H14IN5/c1-9-6-13-17-11(8-20(13)18-14(9)15)10-4-5-12(16-7-10)19(2)3/h4-8H,1-3H3. The molecule has 20 heavy (non-hydrogen) atoms. The third-order valence-corrected chi connectivity index (χ3v) is 4.15. The number of aryl methyl sites for hydroxylation is 1. The van der Waals surface area contributed by atoms with Crippen LogP contribution in [0.3, 0.4) is 0 Å². The predicted molar refractivity (Wildman–Crippen MR) is 88.0 cm³/mol. The SMILES string of the molecule is Cc1cc2nc(-c3ccc(N(C)C)nc3)cn2nc1I. The van der Waals surface area contributed by atoms with Gasteiger partial charge >= 0.3 is 0 Å². The first-order valence-electron chi connectivity index (χ1n) is 6.21. The zero-order valence-electron chi connectivity index (χ0n) is 11.5. The van der Waals surface area contributed by atoms with Crippen LogP contribution in [0.25, 0.3) is 16.9 Å². The highest BCUT2D eigenvalue weighted by molar-refractivity contribution is 14.1. The molecule has 0 atom stereocenters. The molecule has 5 nitrogen and oxygen atoms in total. The summed E-state index contributed by atoms with van der Waals surface area (Å²) < 4.78 is 2.80. The summed E-state index contributed by atoms with van der Waals surface area (Å²) in [5.74, 6) is 0.932. The number of anilines is 1. The van der Waals surface area contributed by atoms with E-state index in [0.717, 1.165) is 32.0 Å². The fraction of sp³-hybridized carbons (Fsp3) is 0.214. The van der Waals surface area contributed by atoms with Gasteiger partial charge in [0.1, 0.15) is 9.52 Å². The maximum atomic E-state index is 4.60. The fourth-order valence-corrected chi connectivity index (χ4v) is 2.32. The highest BCUT2D eigenvalue weighted by Gasteiger charge is 2.08. The van der Waals surface area contributed by atoms with Gasteiger partial charge in [-0.15, -0.1) is 0 Å². The monoisotopic (exact) mass is 379 g/mol. The van der Waals surface area contributed by atoms with Gasteiger partial charge in [-0.2, -0.15) is 5.10 Å². The lowest BCUT2D eigenvalue weighted by Crippen LogP contribution is -2.09. The van der Waals surface area contributed by atoms with Gasteiger partial charge in [-0.25, -0.2) is 14.5 Å². The molecule has 0 radical (unpaired) electrons. The van der Waals surface area contributed by atoms with Crippen LogP contribution in [0, 0.1) is 10.6 Å². The Morgan fingerprint density at radius 1 is 1.25 bits per heavy atom. The molecule has 0 saturated carbocycles. The minimum Gasteiger partial charge on any atom is -0.363 e. The Bertz CT molecular complexity index is 722. The van der Waals surface area contributed by atoms with Crippen molar-refractivity contribution in [3.63, 3.8) is 0 Å². The average molecular weight is 379 g/mol. The van der Waals surface area contributed by atoms with Crippen molar-refractivity contribution in [2.75, 3.05) is 19.0 Å². The van der Waals surface area contributed by atoms with Gasteiger partial charge in [0.15, 0.2) is 5.65 Å². The molecule has 0 aromatic carbocycles. The van der Waals surface area contributed by atoms with Gasteiger partial charge in [0.2, 0.25) is 0 Å². The topological polar surface area (TPSA) is 46.3 Å². The second kappa shape index (κ2) is 5.01. The minimum absolute atomic E-state index is 0.856. The van der Waals surface area contributed by atoms with Crippen molar-refractivity contribution < 1.29 is 0 Å². The lowest BCUT2D eigenvalue weighted by atomic mass is 10.2. The molecule has 0 spiro atoms. The molecule has 0 bridgehead atoms. The molecule has 0 saturated heterocycles. The Labute approximate surface area is 130 Å². The number of nitrogens with zero attached hydrogens (tertiary/aromatic N) is 5. The maximum Gasteiger partial charge on any atom is 0.154 e. The van der Waals surface area contributed by atoms with Crippen LogP contribution in [0.1, 0.15) is 5.56 Å². The Kier molecular flexibility index (Phi) is 3.33. The van der Waals surface area contributed by atoms with Crippen LogP contribution in [0.2, 0.25) is 0 Å². The van der Waals surface area contributed by atoms with Crippen molar-refractivity contribution in [1.29, 1.82) is 0 Å². The molecule has 3 rings (SSSR count). The largest absolute Gasteiger partial charge is 0.363 e. The van der Waals surface area contributed by atoms with Crippen molar-refractivity contribution in [2.24, 2.45) is 0 Å². The number of fused-ring (bicyclic) bond motifs is 1. The van der Waals surface area contributed by atoms with E-state index >= 15 is 0 Å². The summed E-state index contributed by atoms with van der Waals surface area (Å²) in [4.78, 5) is 11.0. The second-order valence-electron chi connectivity index (χ2n) is 4.85. The summed E-state index contributed by atoms with van der Waals surface area (Å²) in [5.41, 5.74) is 3.87. The van der Waals surface area contributed by atoms with E-state index in [4.69, 9.17) is 0 Å². The molecule has 3 aromatic heterocycles. The predicted octanol–water partition coefficient (Wildman–Crippen LogP) is 2.77. The molecular formula is C14H14IN5. The quantitative estimate of drug-likeness (QED) is 0.643. The van der Waals surface area contributed by atoms with Gasteiger partial charge in [-0.3, -0.25) is 0 Å². The summed E-state index contributed by atoms with van der Waals surface area (Å²) in [6, 6.07) is 6.06. The van der Waals surface area contributed by atoms with E-state index in [1.165, 1.54) is 0 Å². The lowest BCUT2D eigenvalue weighted by molar-refractivity contribution is 0.903. The molecule has 0 aliphatic heterocycles. The van der Waals surface area contributed by atoms with E-state index in [0.29, 0.717) is 0 Å². The Balaban J connectivity index is 2.05. The lowest BCUT2D eigenvalue weighted by Gasteiger charge is -2.10. The molecule has 3 heterocycles. The number of hydrogen-bond donors (Lipinski definition) is 0. The van der Waals surface area contributed by atoms with E-state index in [1.54, 1.807) is 0 Å². The van der Waals surface area contributed by atoms with Gasteiger partial charge in [0.25, 0.3) is 0 Å². The first-order valence-corrected chi connectivity index (χ1v) is 7.29. The summed E-state index contributed by atoms with van der Waals surface area (Å²) in [7, 11) is 3.95. The number of halogens is 1. The smallest absolute Gasteiger partial charge is 0.154 e. The van der Waals surface area contributed by atoms with E-state index in [1.807, 2.05) is 61.0 Å². The summed E-state index contributed by atoms with van der Waals surface area (Å²) in [5, 5.41) is 4.48. The zero-order chi connectivity index (χ0) is 14.3. The first-order chi connectivity index (χ1) is 9.54. The van der Waals surface area contributed by atoms with Gasteiger partial charge in [-0.1, -0.05) is 0 Å². The number of aromatic nitrogens is 4. The highest BCUT2D eigenvalue weighted by Crippen LogP contribution is 2.21. The molecular weight excluding hydrogens is 365 g/mol. The molecule has 0 N–H and O–H groups in total. The van der Waals surface area contributed by atoms with Gasteiger partial charge in [0, 0.05) is 25.9 Å². The van der Waals surface area contributed by atoms with Crippen LogP contribution < -0.4 is 4.90 Å². The normalized spacial score (nSPS) is 11.0. The molecule has 102 valence electrons. The van der Waals surface area contributed by atoms with Crippen LogP contribution in [0.5, 0.6) is 0 Å². The minimum atomic E-state index is 0.856. The number of hydrogen-bond acceptors (Lipinski definition) is 4. The third-order valence-electron chi connectivity index (χ3n) is 3.08. The van der Waals surface area contributed by atoms with E-state index in [-0.39, 0.29) is 0 Å². The maximum absolute atomic E-state index is 4.60. The number of imidazole rings is 1. The van der Waals surface area contributed by atoms with E-state index in [2.05, 4.69) is 37.7 Å². The zero-order valence-corrected chi connectivity index (χ0v) is 13.7. The summed E-state index contributed by atoms with van der Waals surface area (Å²) in [6.45, 7) is 2.04. The van der Waals surface area contributed by atoms with Crippen molar-refractivity contribution in [1.82, 2.24) is 19.6 Å². The molecule has 6 heteroatoms. The molecule has 0 fully saturated rings. The highest BCUT2D eigenvalue weighted by atomic mass is 127. The first kappa shape index (κ1) is 13.3. The Morgan fingerprint density at radius 3 is 2.70 bits per heavy atom. The molecule has 0 unspecified atom stereocenters. The van der Waals surface area contributed by atoms with Crippen LogP contribution in [0.4, 0.5) is 5.82 Å². The van der Waals surface area contributed by atoms with Gasteiger partial charge in [-0.05, 0) is 53.3 Å². The second-order valence-corrected chi connectivity index (χ2v) is 5.87.